The average molecular weight is 430 g/mol. The van der Waals surface area contributed by atoms with Crippen LogP contribution in [0.1, 0.15) is 21.7 Å². The van der Waals surface area contributed by atoms with Gasteiger partial charge in [-0.1, -0.05) is 30.0 Å². The maximum Gasteiger partial charge on any atom is 0.228 e. The van der Waals surface area contributed by atoms with Gasteiger partial charge in [0, 0.05) is 16.9 Å². The molecule has 5 rings (SSSR count). The monoisotopic (exact) mass is 430 g/mol. The summed E-state index contributed by atoms with van der Waals surface area (Å²) in [6.07, 6.45) is 1.93. The third kappa shape index (κ3) is 3.66. The molecule has 154 valence electrons. The van der Waals surface area contributed by atoms with Crippen LogP contribution in [0.15, 0.2) is 70.4 Å². The van der Waals surface area contributed by atoms with Crippen molar-refractivity contribution >= 4 is 29.1 Å². The second-order valence-electron chi connectivity index (χ2n) is 7.18. The summed E-state index contributed by atoms with van der Waals surface area (Å²) in [5, 5.41) is 12.1. The van der Waals surface area contributed by atoms with Gasteiger partial charge in [-0.25, -0.2) is 0 Å². The van der Waals surface area contributed by atoms with Gasteiger partial charge < -0.3 is 9.73 Å². The molecule has 0 radical (unpaired) electrons. The number of furan rings is 1. The minimum absolute atomic E-state index is 0.0317. The molecule has 0 atom stereocenters. The maximum atomic E-state index is 12.8. The van der Waals surface area contributed by atoms with E-state index in [9.17, 15) is 9.59 Å². The highest BCUT2D eigenvalue weighted by molar-refractivity contribution is 7.99. The number of hydrogen-bond donors (Lipinski definition) is 1. The summed E-state index contributed by atoms with van der Waals surface area (Å²) in [6, 6.07) is 17.0. The number of nitrogens with one attached hydrogen (secondary N) is 1. The Hall–Kier alpha value is -3.65. The number of nitrogens with zero attached hydrogens (tertiary/aromatic N) is 3. The Kier molecular flexibility index (Phi) is 4.91. The van der Waals surface area contributed by atoms with E-state index in [1.807, 2.05) is 47.9 Å². The topological polar surface area (TPSA) is 90.0 Å². The van der Waals surface area contributed by atoms with E-state index in [0.29, 0.717) is 23.0 Å². The van der Waals surface area contributed by atoms with Crippen LogP contribution in [0.25, 0.3) is 17.1 Å². The number of benzene rings is 2. The molecule has 1 N–H and O–H groups in total. The van der Waals surface area contributed by atoms with Gasteiger partial charge in [0.25, 0.3) is 0 Å². The molecular weight excluding hydrogens is 412 g/mol. The van der Waals surface area contributed by atoms with Crippen LogP contribution >= 0.6 is 11.8 Å². The first kappa shape index (κ1) is 19.3. The number of carbonyl (C=O) groups excluding carboxylic acids is 2. The second kappa shape index (κ2) is 7.88. The van der Waals surface area contributed by atoms with Crippen molar-refractivity contribution in [3.05, 3.63) is 77.7 Å². The minimum Gasteiger partial charge on any atom is -0.469 e. The maximum absolute atomic E-state index is 12.8. The molecule has 1 aliphatic heterocycles. The highest BCUT2D eigenvalue weighted by Gasteiger charge is 2.22. The van der Waals surface area contributed by atoms with Crippen LogP contribution in [0.5, 0.6) is 0 Å². The van der Waals surface area contributed by atoms with Crippen LogP contribution < -0.4 is 5.32 Å². The van der Waals surface area contributed by atoms with Crippen LogP contribution in [0.3, 0.4) is 0 Å². The minimum atomic E-state index is -0.0491. The first-order chi connectivity index (χ1) is 15.1. The van der Waals surface area contributed by atoms with Gasteiger partial charge in [-0.3, -0.25) is 14.2 Å². The molecule has 0 fully saturated rings. The Balaban J connectivity index is 1.43. The number of anilines is 1. The van der Waals surface area contributed by atoms with Gasteiger partial charge in [-0.05, 0) is 48.9 Å². The van der Waals surface area contributed by atoms with Gasteiger partial charge in [-0.2, -0.15) is 0 Å². The van der Waals surface area contributed by atoms with Crippen molar-refractivity contribution in [3.63, 3.8) is 0 Å². The van der Waals surface area contributed by atoms with Crippen molar-refractivity contribution in [2.24, 2.45) is 0 Å². The van der Waals surface area contributed by atoms with Crippen LogP contribution in [0, 0.1) is 6.92 Å². The highest BCUT2D eigenvalue weighted by Crippen LogP contribution is 2.31. The smallest absolute Gasteiger partial charge is 0.228 e. The first-order valence-corrected chi connectivity index (χ1v) is 10.7. The summed E-state index contributed by atoms with van der Waals surface area (Å²) in [7, 11) is 0. The summed E-state index contributed by atoms with van der Waals surface area (Å²) in [5.74, 6) is 1.53. The summed E-state index contributed by atoms with van der Waals surface area (Å²) in [4.78, 5) is 24.4. The number of carbonyl (C=O) groups is 2. The number of para-hydroxylation sites is 1. The molecule has 0 bridgehead atoms. The third-order valence-corrected chi connectivity index (χ3v) is 6.06. The number of aryl methyl sites for hydroxylation is 1. The van der Waals surface area contributed by atoms with E-state index in [0.717, 1.165) is 28.3 Å². The van der Waals surface area contributed by atoms with Crippen molar-refractivity contribution in [1.29, 1.82) is 0 Å². The fraction of sp³-hybridized carbons (Fsp3) is 0.130. The van der Waals surface area contributed by atoms with Crippen LogP contribution in [-0.2, 0) is 11.2 Å². The van der Waals surface area contributed by atoms with Crippen molar-refractivity contribution < 1.29 is 14.0 Å². The zero-order valence-corrected chi connectivity index (χ0v) is 17.5. The van der Waals surface area contributed by atoms with Crippen molar-refractivity contribution in [1.82, 2.24) is 14.8 Å². The zero-order valence-electron chi connectivity index (χ0n) is 16.7. The van der Waals surface area contributed by atoms with Crippen molar-refractivity contribution in [3.8, 4) is 17.1 Å². The number of fused-ring (bicyclic) bond motifs is 1. The molecular formula is C23H18N4O3S. The Morgan fingerprint density at radius 1 is 1.16 bits per heavy atom. The molecule has 7 nitrogen and oxygen atoms in total. The zero-order chi connectivity index (χ0) is 21.4. The van der Waals surface area contributed by atoms with Gasteiger partial charge in [-0.15, -0.1) is 10.2 Å². The summed E-state index contributed by atoms with van der Waals surface area (Å²) >= 11 is 1.33. The van der Waals surface area contributed by atoms with Gasteiger partial charge in [0.05, 0.1) is 24.0 Å². The number of hydrogen-bond acceptors (Lipinski definition) is 6. The molecule has 0 saturated carbocycles. The average Bonchev–Trinajstić information content (AvgIpc) is 3.48. The predicted molar refractivity (Wildman–Crippen MR) is 118 cm³/mol. The van der Waals surface area contributed by atoms with Gasteiger partial charge >= 0.3 is 0 Å². The number of ketones is 1. The SMILES string of the molecule is Cc1occc1-c1nnc(SCC(=O)c2ccc3c(c2)CC(=O)N3)n1-c1ccccc1. The fourth-order valence-electron chi connectivity index (χ4n) is 3.58. The van der Waals surface area contributed by atoms with E-state index in [2.05, 4.69) is 15.5 Å². The second-order valence-corrected chi connectivity index (χ2v) is 8.12. The molecule has 0 aliphatic carbocycles. The molecule has 3 heterocycles. The van der Waals surface area contributed by atoms with Crippen LogP contribution in [0.4, 0.5) is 5.69 Å². The van der Waals surface area contributed by atoms with E-state index < -0.39 is 0 Å². The van der Waals surface area contributed by atoms with E-state index in [1.54, 1.807) is 24.5 Å². The summed E-state index contributed by atoms with van der Waals surface area (Å²) in [5.41, 5.74) is 3.97. The lowest BCUT2D eigenvalue weighted by molar-refractivity contribution is -0.115. The predicted octanol–water partition coefficient (Wildman–Crippen LogP) is 4.31. The van der Waals surface area contributed by atoms with Gasteiger partial charge in [0.15, 0.2) is 16.8 Å². The van der Waals surface area contributed by atoms with E-state index in [-0.39, 0.29) is 17.4 Å². The van der Waals surface area contributed by atoms with Crippen molar-refractivity contribution in [2.45, 2.75) is 18.5 Å². The largest absolute Gasteiger partial charge is 0.469 e. The third-order valence-electron chi connectivity index (χ3n) is 5.13. The molecule has 1 aliphatic rings. The lowest BCUT2D eigenvalue weighted by Crippen LogP contribution is -2.05. The Morgan fingerprint density at radius 3 is 2.77 bits per heavy atom. The number of aromatic nitrogens is 3. The van der Waals surface area contributed by atoms with Crippen LogP contribution in [-0.4, -0.2) is 32.2 Å². The van der Waals surface area contributed by atoms with E-state index in [1.165, 1.54) is 11.8 Å². The fourth-order valence-corrected chi connectivity index (χ4v) is 4.43. The number of rotatable bonds is 6. The molecule has 1 amide bonds. The number of amides is 1. The molecule has 0 unspecified atom stereocenters. The number of thioether (sulfide) groups is 1. The summed E-state index contributed by atoms with van der Waals surface area (Å²) < 4.78 is 7.38. The Bertz CT molecular complexity index is 1290. The standard InChI is InChI=1S/C23H18N4O3S/c1-14-18(9-10-30-14)22-25-26-23(27(22)17-5-3-2-4-6-17)31-13-20(28)15-7-8-19-16(11-15)12-21(29)24-19/h2-11H,12-13H2,1H3,(H,24,29). The molecule has 4 aromatic rings. The van der Waals surface area contributed by atoms with Crippen LogP contribution in [0.2, 0.25) is 0 Å². The van der Waals surface area contributed by atoms with Gasteiger partial charge in [0.1, 0.15) is 5.76 Å². The molecule has 2 aromatic carbocycles. The lowest BCUT2D eigenvalue weighted by Gasteiger charge is -2.10. The van der Waals surface area contributed by atoms with E-state index in [4.69, 9.17) is 4.42 Å². The normalized spacial score (nSPS) is 12.6. The molecule has 0 spiro atoms. The van der Waals surface area contributed by atoms with E-state index >= 15 is 0 Å². The van der Waals surface area contributed by atoms with Crippen molar-refractivity contribution in [2.75, 3.05) is 11.1 Å². The highest BCUT2D eigenvalue weighted by atomic mass is 32.2. The lowest BCUT2D eigenvalue weighted by atomic mass is 10.1. The number of Topliss-reactive ketones (excluding diaryl/α,β-unsaturated/α-hetero) is 1. The Labute approximate surface area is 182 Å². The molecule has 2 aromatic heterocycles. The molecule has 0 saturated heterocycles. The quantitative estimate of drug-likeness (QED) is 0.362. The Morgan fingerprint density at radius 2 is 2.00 bits per heavy atom. The molecule has 8 heteroatoms. The molecule has 31 heavy (non-hydrogen) atoms. The summed E-state index contributed by atoms with van der Waals surface area (Å²) in [6.45, 7) is 1.88. The van der Waals surface area contributed by atoms with Gasteiger partial charge in [0.2, 0.25) is 5.91 Å². The first-order valence-electron chi connectivity index (χ1n) is 9.74.